The Bertz CT molecular complexity index is 1250. The Morgan fingerprint density at radius 1 is 1.21 bits per heavy atom. The molecule has 5 rings (SSSR count). The van der Waals surface area contributed by atoms with Crippen LogP contribution in [-0.4, -0.2) is 37.6 Å². The predicted molar refractivity (Wildman–Crippen MR) is 116 cm³/mol. The van der Waals surface area contributed by atoms with E-state index in [1.807, 2.05) is 38.5 Å². The molecule has 0 fully saturated rings. The first-order chi connectivity index (χ1) is 13.9. The van der Waals surface area contributed by atoms with Crippen molar-refractivity contribution in [3.05, 3.63) is 54.2 Å². The average molecular weight is 404 g/mol. The summed E-state index contributed by atoms with van der Waals surface area (Å²) in [6, 6.07) is 8.17. The Hall–Kier alpha value is -3.06. The molecule has 0 N–H and O–H groups in total. The quantitative estimate of drug-likeness (QED) is 0.501. The van der Waals surface area contributed by atoms with E-state index in [4.69, 9.17) is 19.7 Å². The normalized spacial score (nSPS) is 15.5. The Labute approximate surface area is 173 Å². The molecule has 0 bridgehead atoms. The van der Waals surface area contributed by atoms with Gasteiger partial charge in [0, 0.05) is 36.6 Å². The van der Waals surface area contributed by atoms with E-state index in [1.165, 1.54) is 0 Å². The van der Waals surface area contributed by atoms with E-state index in [9.17, 15) is 0 Å². The van der Waals surface area contributed by atoms with Gasteiger partial charge in [-0.15, -0.1) is 11.3 Å². The highest BCUT2D eigenvalue weighted by atomic mass is 32.1. The summed E-state index contributed by atoms with van der Waals surface area (Å²) >= 11 is 1.63. The zero-order chi connectivity index (χ0) is 20.2. The van der Waals surface area contributed by atoms with E-state index >= 15 is 0 Å². The summed E-state index contributed by atoms with van der Waals surface area (Å²) in [5, 5.41) is 2.05. The highest BCUT2D eigenvalue weighted by molar-refractivity contribution is 7.18. The molecular weight excluding hydrogens is 382 g/mol. The van der Waals surface area contributed by atoms with E-state index in [0.717, 1.165) is 43.4 Å². The summed E-state index contributed by atoms with van der Waals surface area (Å²) in [6.07, 6.45) is 5.65. The third kappa shape index (κ3) is 3.11. The Morgan fingerprint density at radius 3 is 2.79 bits per heavy atom. The van der Waals surface area contributed by atoms with Gasteiger partial charge in [-0.3, -0.25) is 4.98 Å². The third-order valence-corrected chi connectivity index (χ3v) is 6.19. The van der Waals surface area contributed by atoms with Gasteiger partial charge in [0.25, 0.3) is 0 Å². The fraction of sp³-hybridized carbons (Fsp3) is 0.273. The molecule has 4 aromatic rings. The number of rotatable bonds is 3. The molecule has 5 heterocycles. The molecule has 0 radical (unpaired) electrons. The van der Waals surface area contributed by atoms with Crippen LogP contribution in [-0.2, 0) is 11.8 Å². The average Bonchev–Trinajstić information content (AvgIpc) is 3.39. The van der Waals surface area contributed by atoms with Crippen LogP contribution in [0.25, 0.3) is 32.0 Å². The van der Waals surface area contributed by atoms with Crippen LogP contribution in [0, 0.1) is 6.92 Å². The van der Waals surface area contributed by atoms with Gasteiger partial charge in [0.15, 0.2) is 0 Å². The first-order valence-corrected chi connectivity index (χ1v) is 10.3. The molecule has 1 aliphatic heterocycles. The number of fused-ring (bicyclic) bond motifs is 1. The lowest BCUT2D eigenvalue weighted by Gasteiger charge is -2.08. The molecule has 0 unspecified atom stereocenters. The van der Waals surface area contributed by atoms with Crippen molar-refractivity contribution >= 4 is 28.1 Å². The number of pyridine rings is 2. The molecule has 0 amide bonds. The van der Waals surface area contributed by atoms with Crippen molar-refractivity contribution in [1.82, 2.24) is 19.5 Å². The third-order valence-electron chi connectivity index (χ3n) is 4.96. The van der Waals surface area contributed by atoms with Gasteiger partial charge in [-0.2, -0.15) is 0 Å². The standard InChI is InChI=1S/C22H21N5OS/c1-13-19(29-21(24-13)15-6-5-8-23-11-15)16-10-14-7-9-27(4)18(14)17(25-16)20-26-22(2,3)12-28-20/h5-11H,12H2,1-4H3. The van der Waals surface area contributed by atoms with Crippen LogP contribution < -0.4 is 0 Å². The van der Waals surface area contributed by atoms with E-state index < -0.39 is 0 Å². The zero-order valence-electron chi connectivity index (χ0n) is 16.8. The fourth-order valence-electron chi connectivity index (χ4n) is 3.54. The summed E-state index contributed by atoms with van der Waals surface area (Å²) < 4.78 is 8.00. The van der Waals surface area contributed by atoms with Crippen molar-refractivity contribution < 1.29 is 4.74 Å². The maximum Gasteiger partial charge on any atom is 0.238 e. The molecule has 0 saturated carbocycles. The Balaban J connectivity index is 1.69. The molecule has 0 atom stereocenters. The van der Waals surface area contributed by atoms with E-state index in [0.29, 0.717) is 12.5 Å². The van der Waals surface area contributed by atoms with Crippen LogP contribution in [0.4, 0.5) is 0 Å². The molecular formula is C22H21N5OS. The molecule has 0 spiro atoms. The summed E-state index contributed by atoms with van der Waals surface area (Å²) in [6.45, 7) is 6.72. The molecule has 1 aliphatic rings. The SMILES string of the molecule is Cc1nc(-c2cccnc2)sc1-c1cc2ccn(C)c2c(C2=NC(C)(C)CO2)n1. The summed E-state index contributed by atoms with van der Waals surface area (Å²) in [5.41, 5.74) is 4.43. The van der Waals surface area contributed by atoms with Gasteiger partial charge >= 0.3 is 0 Å². The van der Waals surface area contributed by atoms with Crippen LogP contribution in [0.5, 0.6) is 0 Å². The van der Waals surface area contributed by atoms with Crippen molar-refractivity contribution in [1.29, 1.82) is 0 Å². The molecule has 4 aromatic heterocycles. The van der Waals surface area contributed by atoms with Crippen LogP contribution in [0.15, 0.2) is 47.8 Å². The first kappa shape index (κ1) is 18.0. The highest BCUT2D eigenvalue weighted by Crippen LogP contribution is 2.36. The molecule has 146 valence electrons. The monoisotopic (exact) mass is 403 g/mol. The van der Waals surface area contributed by atoms with Gasteiger partial charge in [0.1, 0.15) is 17.3 Å². The molecule has 29 heavy (non-hydrogen) atoms. The van der Waals surface area contributed by atoms with Gasteiger partial charge < -0.3 is 9.30 Å². The largest absolute Gasteiger partial charge is 0.474 e. The highest BCUT2D eigenvalue weighted by Gasteiger charge is 2.30. The van der Waals surface area contributed by atoms with Crippen molar-refractivity contribution in [2.45, 2.75) is 26.3 Å². The predicted octanol–water partition coefficient (Wildman–Crippen LogP) is 4.62. The zero-order valence-corrected chi connectivity index (χ0v) is 17.6. The van der Waals surface area contributed by atoms with E-state index in [2.05, 4.69) is 35.5 Å². The van der Waals surface area contributed by atoms with E-state index in [1.54, 1.807) is 17.5 Å². The lowest BCUT2D eigenvalue weighted by molar-refractivity contribution is 0.279. The topological polar surface area (TPSA) is 65.2 Å². The van der Waals surface area contributed by atoms with Gasteiger partial charge in [0.2, 0.25) is 5.90 Å². The van der Waals surface area contributed by atoms with E-state index in [-0.39, 0.29) is 5.54 Å². The van der Waals surface area contributed by atoms with Crippen molar-refractivity contribution in [2.24, 2.45) is 12.0 Å². The summed E-state index contributed by atoms with van der Waals surface area (Å²) in [7, 11) is 2.02. The summed E-state index contributed by atoms with van der Waals surface area (Å²) in [4.78, 5) is 19.8. The molecule has 6 nitrogen and oxygen atoms in total. The minimum atomic E-state index is -0.238. The molecule has 0 saturated heterocycles. The number of nitrogens with zero attached hydrogens (tertiary/aromatic N) is 5. The first-order valence-electron chi connectivity index (χ1n) is 9.49. The van der Waals surface area contributed by atoms with Gasteiger partial charge in [-0.1, -0.05) is 0 Å². The number of hydrogen-bond acceptors (Lipinski definition) is 6. The lowest BCUT2D eigenvalue weighted by Crippen LogP contribution is -2.17. The van der Waals surface area contributed by atoms with Crippen molar-refractivity contribution in [3.63, 3.8) is 0 Å². The maximum absolute atomic E-state index is 5.94. The van der Waals surface area contributed by atoms with Crippen LogP contribution in [0.3, 0.4) is 0 Å². The smallest absolute Gasteiger partial charge is 0.238 e. The van der Waals surface area contributed by atoms with Crippen LogP contribution in [0.1, 0.15) is 25.2 Å². The summed E-state index contributed by atoms with van der Waals surface area (Å²) in [5.74, 6) is 0.610. The second-order valence-corrected chi connectivity index (χ2v) is 8.91. The second kappa shape index (κ2) is 6.49. The number of hydrogen-bond donors (Lipinski definition) is 0. The molecule has 0 aromatic carbocycles. The van der Waals surface area contributed by atoms with Gasteiger partial charge in [-0.05, 0) is 45.0 Å². The lowest BCUT2D eigenvalue weighted by atomic mass is 10.1. The number of aryl methyl sites for hydroxylation is 2. The van der Waals surface area contributed by atoms with Gasteiger partial charge in [0.05, 0.1) is 27.3 Å². The minimum Gasteiger partial charge on any atom is -0.474 e. The molecule has 7 heteroatoms. The Kier molecular flexibility index (Phi) is 4.03. The van der Waals surface area contributed by atoms with Crippen LogP contribution >= 0.6 is 11.3 Å². The number of aliphatic imine (C=N–C) groups is 1. The Morgan fingerprint density at radius 2 is 2.07 bits per heavy atom. The van der Waals surface area contributed by atoms with Crippen molar-refractivity contribution in [2.75, 3.05) is 6.61 Å². The minimum absolute atomic E-state index is 0.238. The maximum atomic E-state index is 5.94. The number of ether oxygens (including phenoxy) is 1. The number of thiazole rings is 1. The number of aromatic nitrogens is 4. The molecule has 0 aliphatic carbocycles. The van der Waals surface area contributed by atoms with Crippen LogP contribution in [0.2, 0.25) is 0 Å². The second-order valence-electron chi connectivity index (χ2n) is 7.91. The van der Waals surface area contributed by atoms with Crippen molar-refractivity contribution in [3.8, 4) is 21.1 Å². The fourth-order valence-corrected chi connectivity index (χ4v) is 4.56. The van der Waals surface area contributed by atoms with Gasteiger partial charge in [-0.25, -0.2) is 15.0 Å².